The summed E-state index contributed by atoms with van der Waals surface area (Å²) in [6.07, 6.45) is 5.41. The van der Waals surface area contributed by atoms with Gasteiger partial charge in [-0.25, -0.2) is 9.97 Å². The summed E-state index contributed by atoms with van der Waals surface area (Å²) >= 11 is 0. The average molecular weight is 258 g/mol. The average Bonchev–Trinajstić information content (AvgIpc) is 2.79. The van der Waals surface area contributed by atoms with Crippen LogP contribution in [0, 0.1) is 5.92 Å². The molecule has 1 N–H and O–H groups in total. The number of aromatic nitrogens is 3. The van der Waals surface area contributed by atoms with Crippen LogP contribution < -0.4 is 5.32 Å². The first kappa shape index (κ1) is 12.6. The minimum atomic E-state index is 0.379. The minimum Gasteiger partial charge on any atom is -0.311 e. The highest BCUT2D eigenvalue weighted by molar-refractivity contribution is 5.71. The van der Waals surface area contributed by atoms with Gasteiger partial charge in [0.1, 0.15) is 11.3 Å². The summed E-state index contributed by atoms with van der Waals surface area (Å²) in [6.45, 7) is 6.62. The zero-order valence-electron chi connectivity index (χ0n) is 11.8. The fourth-order valence-corrected chi connectivity index (χ4v) is 2.99. The Morgan fingerprint density at radius 3 is 3.16 bits per heavy atom. The molecule has 4 nitrogen and oxygen atoms in total. The lowest BCUT2D eigenvalue weighted by Crippen LogP contribution is -2.32. The van der Waals surface area contributed by atoms with Crippen molar-refractivity contribution in [3.8, 4) is 0 Å². The molecule has 2 aromatic heterocycles. The van der Waals surface area contributed by atoms with Crippen LogP contribution in [0.1, 0.15) is 45.0 Å². The molecule has 1 fully saturated rings. The van der Waals surface area contributed by atoms with Gasteiger partial charge in [0.15, 0.2) is 5.65 Å². The van der Waals surface area contributed by atoms with E-state index in [2.05, 4.69) is 34.8 Å². The maximum Gasteiger partial charge on any atom is 0.160 e. The Bertz CT molecular complexity index is 560. The van der Waals surface area contributed by atoms with E-state index in [0.29, 0.717) is 6.04 Å². The molecule has 0 bridgehead atoms. The van der Waals surface area contributed by atoms with E-state index in [4.69, 9.17) is 4.98 Å². The molecule has 1 aliphatic heterocycles. The Hall–Kier alpha value is -1.42. The van der Waals surface area contributed by atoms with E-state index in [1.54, 1.807) is 0 Å². The second-order valence-corrected chi connectivity index (χ2v) is 5.60. The van der Waals surface area contributed by atoms with Crippen LogP contribution in [-0.2, 0) is 6.54 Å². The van der Waals surface area contributed by atoms with Gasteiger partial charge in [0.05, 0.1) is 6.04 Å². The normalized spacial score (nSPS) is 23.9. The summed E-state index contributed by atoms with van der Waals surface area (Å²) in [4.78, 5) is 9.33. The second kappa shape index (κ2) is 5.29. The van der Waals surface area contributed by atoms with Crippen LogP contribution in [0.25, 0.3) is 11.2 Å². The highest BCUT2D eigenvalue weighted by atomic mass is 15.2. The Morgan fingerprint density at radius 1 is 1.47 bits per heavy atom. The van der Waals surface area contributed by atoms with Gasteiger partial charge in [0.25, 0.3) is 0 Å². The molecule has 4 heteroatoms. The Balaban J connectivity index is 2.03. The SMILES string of the molecule is CCCn1c(C2CC(C)CCN2)nc2cccnc21. The number of nitrogens with zero attached hydrogens (tertiary/aromatic N) is 3. The molecule has 0 aromatic carbocycles. The maximum absolute atomic E-state index is 4.83. The van der Waals surface area contributed by atoms with Crippen LogP contribution in [0.15, 0.2) is 18.3 Å². The van der Waals surface area contributed by atoms with Crippen LogP contribution >= 0.6 is 0 Å². The molecule has 1 saturated heterocycles. The molecular weight excluding hydrogens is 236 g/mol. The van der Waals surface area contributed by atoms with Crippen molar-refractivity contribution in [1.82, 2.24) is 19.9 Å². The third-order valence-electron chi connectivity index (χ3n) is 3.96. The first-order chi connectivity index (χ1) is 9.29. The van der Waals surface area contributed by atoms with Gasteiger partial charge in [0.2, 0.25) is 0 Å². The molecule has 2 unspecified atom stereocenters. The van der Waals surface area contributed by atoms with E-state index in [1.165, 1.54) is 18.7 Å². The second-order valence-electron chi connectivity index (χ2n) is 5.60. The number of nitrogens with one attached hydrogen (secondary N) is 1. The van der Waals surface area contributed by atoms with E-state index in [-0.39, 0.29) is 0 Å². The van der Waals surface area contributed by atoms with Crippen molar-refractivity contribution < 1.29 is 0 Å². The van der Waals surface area contributed by atoms with Crippen LogP contribution in [0.5, 0.6) is 0 Å². The Morgan fingerprint density at radius 2 is 2.37 bits per heavy atom. The van der Waals surface area contributed by atoms with Gasteiger partial charge in [-0.1, -0.05) is 13.8 Å². The quantitative estimate of drug-likeness (QED) is 0.920. The molecule has 2 aromatic rings. The Kier molecular flexibility index (Phi) is 3.51. The molecule has 1 aliphatic rings. The highest BCUT2D eigenvalue weighted by Gasteiger charge is 2.25. The lowest BCUT2D eigenvalue weighted by atomic mass is 9.94. The summed E-state index contributed by atoms with van der Waals surface area (Å²) < 4.78 is 2.30. The van der Waals surface area contributed by atoms with Gasteiger partial charge < -0.3 is 9.88 Å². The van der Waals surface area contributed by atoms with Gasteiger partial charge in [-0.05, 0) is 43.9 Å². The zero-order chi connectivity index (χ0) is 13.2. The topological polar surface area (TPSA) is 42.7 Å². The standard InChI is InChI=1S/C15H22N4/c1-3-9-19-14-12(5-4-7-17-14)18-15(19)13-10-11(2)6-8-16-13/h4-5,7,11,13,16H,3,6,8-10H2,1-2H3. The van der Waals surface area contributed by atoms with Gasteiger partial charge in [-0.15, -0.1) is 0 Å². The first-order valence-electron chi connectivity index (χ1n) is 7.34. The zero-order valence-corrected chi connectivity index (χ0v) is 11.8. The number of fused-ring (bicyclic) bond motifs is 1. The van der Waals surface area contributed by atoms with Gasteiger partial charge in [-0.2, -0.15) is 0 Å². The van der Waals surface area contributed by atoms with Crippen LogP contribution in [0.2, 0.25) is 0 Å². The molecule has 0 radical (unpaired) electrons. The number of hydrogen-bond donors (Lipinski definition) is 1. The van der Waals surface area contributed by atoms with Crippen molar-refractivity contribution in [3.05, 3.63) is 24.2 Å². The number of rotatable bonds is 3. The van der Waals surface area contributed by atoms with Crippen molar-refractivity contribution >= 4 is 11.2 Å². The molecular formula is C15H22N4. The van der Waals surface area contributed by atoms with E-state index >= 15 is 0 Å². The molecule has 0 saturated carbocycles. The predicted octanol–water partition coefficient (Wildman–Crippen LogP) is 2.90. The largest absolute Gasteiger partial charge is 0.311 e. The Labute approximate surface area is 114 Å². The number of imidazole rings is 1. The van der Waals surface area contributed by atoms with E-state index in [0.717, 1.165) is 36.6 Å². The van der Waals surface area contributed by atoms with Crippen LogP contribution in [-0.4, -0.2) is 21.1 Å². The number of piperidine rings is 1. The molecule has 2 atom stereocenters. The number of pyridine rings is 1. The van der Waals surface area contributed by atoms with E-state index in [9.17, 15) is 0 Å². The molecule has 3 rings (SSSR count). The first-order valence-corrected chi connectivity index (χ1v) is 7.34. The molecule has 0 amide bonds. The van der Waals surface area contributed by atoms with E-state index in [1.807, 2.05) is 12.3 Å². The monoisotopic (exact) mass is 258 g/mol. The van der Waals surface area contributed by atoms with Crippen molar-refractivity contribution in [2.75, 3.05) is 6.54 Å². The summed E-state index contributed by atoms with van der Waals surface area (Å²) in [5.74, 6) is 1.94. The number of aryl methyl sites for hydroxylation is 1. The molecule has 3 heterocycles. The van der Waals surface area contributed by atoms with Crippen molar-refractivity contribution in [3.63, 3.8) is 0 Å². The molecule has 0 spiro atoms. The summed E-state index contributed by atoms with van der Waals surface area (Å²) in [5, 5.41) is 3.61. The third-order valence-corrected chi connectivity index (χ3v) is 3.96. The molecule has 19 heavy (non-hydrogen) atoms. The highest BCUT2D eigenvalue weighted by Crippen LogP contribution is 2.28. The lowest BCUT2D eigenvalue weighted by molar-refractivity contribution is 0.310. The fraction of sp³-hybridized carbons (Fsp3) is 0.600. The van der Waals surface area contributed by atoms with Gasteiger partial charge in [0, 0.05) is 12.7 Å². The lowest BCUT2D eigenvalue weighted by Gasteiger charge is -2.28. The maximum atomic E-state index is 4.83. The van der Waals surface area contributed by atoms with Crippen molar-refractivity contribution in [2.24, 2.45) is 5.92 Å². The summed E-state index contributed by atoms with van der Waals surface area (Å²) in [5.41, 5.74) is 2.05. The third kappa shape index (κ3) is 2.37. The van der Waals surface area contributed by atoms with Crippen molar-refractivity contribution in [1.29, 1.82) is 0 Å². The molecule has 0 aliphatic carbocycles. The fourth-order valence-electron chi connectivity index (χ4n) is 2.99. The summed E-state index contributed by atoms with van der Waals surface area (Å²) in [6, 6.07) is 4.40. The van der Waals surface area contributed by atoms with Gasteiger partial charge in [-0.3, -0.25) is 0 Å². The van der Waals surface area contributed by atoms with Crippen LogP contribution in [0.3, 0.4) is 0 Å². The van der Waals surface area contributed by atoms with Gasteiger partial charge >= 0.3 is 0 Å². The van der Waals surface area contributed by atoms with Crippen LogP contribution in [0.4, 0.5) is 0 Å². The van der Waals surface area contributed by atoms with Crippen molar-refractivity contribution in [2.45, 2.75) is 45.7 Å². The minimum absolute atomic E-state index is 0.379. The van der Waals surface area contributed by atoms with E-state index < -0.39 is 0 Å². The smallest absolute Gasteiger partial charge is 0.160 e. The predicted molar refractivity (Wildman–Crippen MR) is 77.0 cm³/mol. The number of hydrogen-bond acceptors (Lipinski definition) is 3. The molecule has 102 valence electrons. The summed E-state index contributed by atoms with van der Waals surface area (Å²) in [7, 11) is 0.